The van der Waals surface area contributed by atoms with Crippen LogP contribution in [0.5, 0.6) is 0 Å². The van der Waals surface area contributed by atoms with Crippen molar-refractivity contribution in [2.24, 2.45) is 0 Å². The molecule has 3 heteroatoms. The van der Waals surface area contributed by atoms with E-state index in [2.05, 4.69) is 6.92 Å². The normalized spacial score (nSPS) is 24.6. The van der Waals surface area contributed by atoms with Gasteiger partial charge in [-0.25, -0.2) is 0 Å². The van der Waals surface area contributed by atoms with Crippen molar-refractivity contribution in [1.29, 1.82) is 0 Å². The van der Waals surface area contributed by atoms with Crippen molar-refractivity contribution in [1.82, 2.24) is 0 Å². The predicted molar refractivity (Wildman–Crippen MR) is 45.8 cm³/mol. The Bertz CT molecular complexity index is 96.3. The number of rotatable bonds is 2. The SMILES string of the molecule is CCC[N+]1([O-])CCSCC1. The fraction of sp³-hybridized carbons (Fsp3) is 1.00. The third kappa shape index (κ3) is 2.15. The highest BCUT2D eigenvalue weighted by molar-refractivity contribution is 7.99. The Kier molecular flexibility index (Phi) is 3.01. The van der Waals surface area contributed by atoms with Gasteiger partial charge in [0.05, 0.1) is 19.6 Å². The first-order valence-corrected chi connectivity index (χ1v) is 5.07. The highest BCUT2D eigenvalue weighted by atomic mass is 32.2. The molecule has 0 saturated carbocycles. The molecule has 0 radical (unpaired) electrons. The van der Waals surface area contributed by atoms with E-state index < -0.39 is 0 Å². The molecule has 0 aromatic heterocycles. The lowest BCUT2D eigenvalue weighted by Crippen LogP contribution is -2.48. The standard InChI is InChI=1S/C7H15NOS/c1-2-3-8(9)4-6-10-7-5-8/h2-7H2,1H3. The zero-order valence-corrected chi connectivity index (χ0v) is 7.32. The van der Waals surface area contributed by atoms with Crippen LogP contribution in [0.15, 0.2) is 0 Å². The second kappa shape index (κ2) is 3.60. The Morgan fingerprint density at radius 2 is 2.00 bits per heavy atom. The summed E-state index contributed by atoms with van der Waals surface area (Å²) in [6, 6.07) is 0. The zero-order chi connectivity index (χ0) is 7.45. The fourth-order valence-electron chi connectivity index (χ4n) is 1.31. The zero-order valence-electron chi connectivity index (χ0n) is 6.51. The van der Waals surface area contributed by atoms with Gasteiger partial charge in [-0.1, -0.05) is 6.92 Å². The molecule has 0 aromatic carbocycles. The molecule has 1 heterocycles. The monoisotopic (exact) mass is 161 g/mol. The maximum atomic E-state index is 11.6. The van der Waals surface area contributed by atoms with E-state index in [0.717, 1.165) is 37.6 Å². The van der Waals surface area contributed by atoms with Crippen molar-refractivity contribution < 1.29 is 4.65 Å². The number of hydroxylamine groups is 3. The minimum Gasteiger partial charge on any atom is -0.633 e. The molecular formula is C7H15NOS. The van der Waals surface area contributed by atoms with Crippen LogP contribution in [0.1, 0.15) is 13.3 Å². The van der Waals surface area contributed by atoms with Crippen LogP contribution in [-0.2, 0) is 0 Å². The van der Waals surface area contributed by atoms with Crippen molar-refractivity contribution in [3.8, 4) is 0 Å². The van der Waals surface area contributed by atoms with Crippen molar-refractivity contribution in [2.45, 2.75) is 13.3 Å². The lowest BCUT2D eigenvalue weighted by Gasteiger charge is -2.45. The van der Waals surface area contributed by atoms with E-state index in [4.69, 9.17) is 0 Å². The van der Waals surface area contributed by atoms with Crippen LogP contribution < -0.4 is 0 Å². The largest absolute Gasteiger partial charge is 0.633 e. The summed E-state index contributed by atoms with van der Waals surface area (Å²) < 4.78 is 0.0729. The summed E-state index contributed by atoms with van der Waals surface area (Å²) in [6.07, 6.45) is 1.02. The fourth-order valence-corrected chi connectivity index (χ4v) is 2.43. The maximum Gasteiger partial charge on any atom is 0.0876 e. The van der Waals surface area contributed by atoms with Gasteiger partial charge in [0.1, 0.15) is 0 Å². The summed E-state index contributed by atoms with van der Waals surface area (Å²) in [5.41, 5.74) is 0. The quantitative estimate of drug-likeness (QED) is 0.452. The maximum absolute atomic E-state index is 11.6. The second-order valence-corrected chi connectivity index (χ2v) is 4.07. The van der Waals surface area contributed by atoms with Crippen LogP contribution >= 0.6 is 11.8 Å². The lowest BCUT2D eigenvalue weighted by molar-refractivity contribution is -0.876. The van der Waals surface area contributed by atoms with Crippen LogP contribution in [0.2, 0.25) is 0 Å². The molecule has 10 heavy (non-hydrogen) atoms. The smallest absolute Gasteiger partial charge is 0.0876 e. The minimum atomic E-state index is 0.0729. The summed E-state index contributed by atoms with van der Waals surface area (Å²) in [7, 11) is 0. The van der Waals surface area contributed by atoms with E-state index in [0.29, 0.717) is 0 Å². The van der Waals surface area contributed by atoms with Gasteiger partial charge in [-0.05, 0) is 6.42 Å². The molecule has 0 unspecified atom stereocenters. The third-order valence-electron chi connectivity index (χ3n) is 1.92. The Balaban J connectivity index is 2.32. The van der Waals surface area contributed by atoms with Crippen molar-refractivity contribution in [3.05, 3.63) is 5.21 Å². The Morgan fingerprint density at radius 1 is 1.40 bits per heavy atom. The molecule has 1 aliphatic rings. The molecule has 0 aromatic rings. The molecule has 0 atom stereocenters. The molecule has 0 spiro atoms. The molecule has 0 amide bonds. The molecule has 1 rings (SSSR count). The summed E-state index contributed by atoms with van der Waals surface area (Å²) in [5.74, 6) is 2.12. The number of nitrogens with zero attached hydrogens (tertiary/aromatic N) is 1. The first-order valence-electron chi connectivity index (χ1n) is 3.92. The first kappa shape index (κ1) is 8.37. The molecule has 0 N–H and O–H groups in total. The first-order chi connectivity index (χ1) is 4.77. The van der Waals surface area contributed by atoms with Crippen LogP contribution in [0, 0.1) is 5.21 Å². The molecule has 0 bridgehead atoms. The highest BCUT2D eigenvalue weighted by Gasteiger charge is 2.18. The third-order valence-corrected chi connectivity index (χ3v) is 2.86. The number of hydrogen-bond donors (Lipinski definition) is 0. The average Bonchev–Trinajstić information content (AvgIpc) is 1.89. The van der Waals surface area contributed by atoms with Gasteiger partial charge >= 0.3 is 0 Å². The summed E-state index contributed by atoms with van der Waals surface area (Å²) >= 11 is 1.91. The Morgan fingerprint density at radius 3 is 2.50 bits per heavy atom. The van der Waals surface area contributed by atoms with Gasteiger partial charge in [0.15, 0.2) is 0 Å². The molecular weight excluding hydrogens is 146 g/mol. The van der Waals surface area contributed by atoms with Gasteiger partial charge in [-0.2, -0.15) is 11.8 Å². The van der Waals surface area contributed by atoms with Gasteiger partial charge in [-0.3, -0.25) is 0 Å². The second-order valence-electron chi connectivity index (χ2n) is 2.84. The van der Waals surface area contributed by atoms with Crippen molar-refractivity contribution in [2.75, 3.05) is 31.1 Å². The summed E-state index contributed by atoms with van der Waals surface area (Å²) in [4.78, 5) is 0. The highest BCUT2D eigenvalue weighted by Crippen LogP contribution is 2.16. The molecule has 0 aliphatic carbocycles. The molecule has 60 valence electrons. The predicted octanol–water partition coefficient (Wildman–Crippen LogP) is 1.46. The van der Waals surface area contributed by atoms with Gasteiger partial charge in [0.2, 0.25) is 0 Å². The van der Waals surface area contributed by atoms with Crippen LogP contribution in [0.25, 0.3) is 0 Å². The average molecular weight is 161 g/mol. The van der Waals surface area contributed by atoms with E-state index in [9.17, 15) is 5.21 Å². The molecule has 1 fully saturated rings. The van der Waals surface area contributed by atoms with Gasteiger partial charge in [0.25, 0.3) is 0 Å². The number of hydrogen-bond acceptors (Lipinski definition) is 2. The Labute approximate surface area is 66.8 Å². The van der Waals surface area contributed by atoms with Crippen molar-refractivity contribution in [3.63, 3.8) is 0 Å². The summed E-state index contributed by atoms with van der Waals surface area (Å²) in [6.45, 7) is 4.57. The lowest BCUT2D eigenvalue weighted by atomic mass is 10.4. The van der Waals surface area contributed by atoms with Gasteiger partial charge in [-0.15, -0.1) is 0 Å². The topological polar surface area (TPSA) is 23.1 Å². The van der Waals surface area contributed by atoms with Crippen LogP contribution in [0.4, 0.5) is 0 Å². The van der Waals surface area contributed by atoms with E-state index >= 15 is 0 Å². The van der Waals surface area contributed by atoms with Crippen molar-refractivity contribution >= 4 is 11.8 Å². The molecule has 2 nitrogen and oxygen atoms in total. The van der Waals surface area contributed by atoms with E-state index in [-0.39, 0.29) is 4.65 Å². The van der Waals surface area contributed by atoms with Crippen LogP contribution in [0.3, 0.4) is 0 Å². The Hall–Kier alpha value is 0.270. The van der Waals surface area contributed by atoms with E-state index in [1.165, 1.54) is 0 Å². The number of thioether (sulfide) groups is 1. The summed E-state index contributed by atoms with van der Waals surface area (Å²) in [5, 5.41) is 11.6. The number of quaternary nitrogens is 1. The molecule has 1 aliphatic heterocycles. The minimum absolute atomic E-state index is 0.0729. The van der Waals surface area contributed by atoms with Crippen LogP contribution in [-0.4, -0.2) is 35.8 Å². The van der Waals surface area contributed by atoms with E-state index in [1.807, 2.05) is 11.8 Å². The van der Waals surface area contributed by atoms with E-state index in [1.54, 1.807) is 0 Å². The van der Waals surface area contributed by atoms with Gasteiger partial charge < -0.3 is 9.85 Å². The van der Waals surface area contributed by atoms with Gasteiger partial charge in [0, 0.05) is 11.5 Å². The molecule has 1 saturated heterocycles.